The minimum atomic E-state index is -0.544. The molecule has 5 heteroatoms. The van der Waals surface area contributed by atoms with Gasteiger partial charge in [-0.15, -0.1) is 0 Å². The molecule has 4 rings (SSSR count). The Morgan fingerprint density at radius 3 is 2.72 bits per heavy atom. The number of nitrogens with zero attached hydrogens (tertiary/aromatic N) is 2. The molecule has 1 aromatic heterocycles. The van der Waals surface area contributed by atoms with Gasteiger partial charge in [0.05, 0.1) is 12.8 Å². The third-order valence-corrected chi connectivity index (χ3v) is 5.19. The van der Waals surface area contributed by atoms with Crippen LogP contribution in [-0.2, 0) is 12.8 Å². The van der Waals surface area contributed by atoms with Crippen molar-refractivity contribution in [2.24, 2.45) is 0 Å². The quantitative estimate of drug-likeness (QED) is 0.842. The molecule has 0 saturated carbocycles. The molecule has 0 N–H and O–H groups in total. The van der Waals surface area contributed by atoms with E-state index in [1.165, 1.54) is 6.42 Å². The molecule has 5 nitrogen and oxygen atoms in total. The predicted molar refractivity (Wildman–Crippen MR) is 95.2 cm³/mol. The Morgan fingerprint density at radius 2 is 2.00 bits per heavy atom. The van der Waals surface area contributed by atoms with Gasteiger partial charge in [0.2, 0.25) is 0 Å². The predicted octanol–water partition coefficient (Wildman–Crippen LogP) is 3.28. The number of fused-ring (bicyclic) bond motifs is 3. The van der Waals surface area contributed by atoms with Crippen LogP contribution < -0.4 is 15.3 Å². The van der Waals surface area contributed by atoms with E-state index in [4.69, 9.17) is 9.15 Å². The summed E-state index contributed by atoms with van der Waals surface area (Å²) in [4.78, 5) is 14.7. The maximum Gasteiger partial charge on any atom is 0.356 e. The number of piperidine rings is 1. The minimum Gasteiger partial charge on any atom is -0.497 e. The lowest BCUT2D eigenvalue weighted by Gasteiger charge is -2.32. The van der Waals surface area contributed by atoms with E-state index in [2.05, 4.69) is 11.0 Å². The fraction of sp³-hybridized carbons (Fsp3) is 0.400. The van der Waals surface area contributed by atoms with Crippen molar-refractivity contribution in [1.29, 1.82) is 5.26 Å². The van der Waals surface area contributed by atoms with Gasteiger partial charge >= 0.3 is 5.63 Å². The number of ether oxygens (including phenoxy) is 1. The summed E-state index contributed by atoms with van der Waals surface area (Å²) in [6.45, 7) is 1.77. The zero-order valence-corrected chi connectivity index (χ0v) is 14.3. The Bertz CT molecular complexity index is 918. The van der Waals surface area contributed by atoms with Crippen LogP contribution in [0.25, 0.3) is 11.3 Å². The molecule has 2 heterocycles. The summed E-state index contributed by atoms with van der Waals surface area (Å²) in [5.74, 6) is 1.34. The molecule has 1 saturated heterocycles. The fourth-order valence-corrected chi connectivity index (χ4v) is 3.95. The molecule has 1 aliphatic heterocycles. The second-order valence-electron chi connectivity index (χ2n) is 6.60. The van der Waals surface area contributed by atoms with Crippen LogP contribution in [0.2, 0.25) is 0 Å². The van der Waals surface area contributed by atoms with Crippen LogP contribution in [-0.4, -0.2) is 20.2 Å². The SMILES string of the molecule is COc1ccc2c(c1)-c1oc(=O)c(C#N)c(N3CCCCC3)c1CC2. The van der Waals surface area contributed by atoms with Gasteiger partial charge in [-0.05, 0) is 49.8 Å². The third kappa shape index (κ3) is 2.58. The number of hydrogen-bond acceptors (Lipinski definition) is 5. The summed E-state index contributed by atoms with van der Waals surface area (Å²) in [7, 11) is 1.62. The van der Waals surface area contributed by atoms with Crippen molar-refractivity contribution in [3.63, 3.8) is 0 Å². The lowest BCUT2D eigenvalue weighted by molar-refractivity contribution is 0.414. The van der Waals surface area contributed by atoms with Gasteiger partial charge in [0.25, 0.3) is 0 Å². The average Bonchev–Trinajstić information content (AvgIpc) is 2.67. The van der Waals surface area contributed by atoms with E-state index in [1.807, 2.05) is 18.2 Å². The van der Waals surface area contributed by atoms with Gasteiger partial charge in [0.15, 0.2) is 5.56 Å². The van der Waals surface area contributed by atoms with Crippen LogP contribution in [0.15, 0.2) is 27.4 Å². The number of methoxy groups -OCH3 is 1. The molecule has 0 bridgehead atoms. The minimum absolute atomic E-state index is 0.145. The number of hydrogen-bond donors (Lipinski definition) is 0. The van der Waals surface area contributed by atoms with Crippen LogP contribution in [0.5, 0.6) is 5.75 Å². The van der Waals surface area contributed by atoms with Crippen molar-refractivity contribution >= 4 is 5.69 Å². The van der Waals surface area contributed by atoms with Crippen molar-refractivity contribution in [2.45, 2.75) is 32.1 Å². The Labute approximate surface area is 146 Å². The number of nitriles is 1. The monoisotopic (exact) mass is 336 g/mol. The molecule has 0 unspecified atom stereocenters. The molecule has 1 aliphatic carbocycles. The standard InChI is InChI=1S/C20H20N2O3/c1-24-14-7-5-13-6-8-15-18(22-9-3-2-4-10-22)17(12-21)20(23)25-19(15)16(13)11-14/h5,7,11H,2-4,6,8-10H2,1H3. The van der Waals surface area contributed by atoms with Gasteiger partial charge in [-0.1, -0.05) is 6.07 Å². The van der Waals surface area contributed by atoms with Crippen molar-refractivity contribution in [3.8, 4) is 23.1 Å². The number of benzene rings is 1. The first-order chi connectivity index (χ1) is 12.2. The van der Waals surface area contributed by atoms with Crippen LogP contribution in [0.1, 0.15) is 36.0 Å². The zero-order valence-electron chi connectivity index (χ0n) is 14.3. The fourth-order valence-electron chi connectivity index (χ4n) is 3.95. The van der Waals surface area contributed by atoms with E-state index in [9.17, 15) is 10.1 Å². The van der Waals surface area contributed by atoms with E-state index in [-0.39, 0.29) is 5.56 Å². The van der Waals surface area contributed by atoms with Gasteiger partial charge in [-0.2, -0.15) is 5.26 Å². The highest BCUT2D eigenvalue weighted by Crippen LogP contribution is 2.40. The largest absolute Gasteiger partial charge is 0.497 e. The summed E-state index contributed by atoms with van der Waals surface area (Å²) in [6.07, 6.45) is 5.02. The maximum atomic E-state index is 12.5. The molecule has 0 radical (unpaired) electrons. The first-order valence-electron chi connectivity index (χ1n) is 8.75. The summed E-state index contributed by atoms with van der Waals surface area (Å²) in [5.41, 5.74) is 3.43. The molecular formula is C20H20N2O3. The molecule has 0 amide bonds. The summed E-state index contributed by atoms with van der Waals surface area (Å²) >= 11 is 0. The third-order valence-electron chi connectivity index (χ3n) is 5.19. The van der Waals surface area contributed by atoms with Crippen molar-refractivity contribution in [3.05, 3.63) is 45.3 Å². The van der Waals surface area contributed by atoms with Crippen molar-refractivity contribution < 1.29 is 9.15 Å². The molecule has 0 spiro atoms. The molecule has 2 aromatic rings. The van der Waals surface area contributed by atoms with Gasteiger partial charge < -0.3 is 14.1 Å². The molecule has 1 fully saturated rings. The summed E-state index contributed by atoms with van der Waals surface area (Å²) in [6, 6.07) is 7.96. The normalized spacial score (nSPS) is 15.9. The number of rotatable bonds is 2. The van der Waals surface area contributed by atoms with Crippen molar-refractivity contribution in [2.75, 3.05) is 25.1 Å². The van der Waals surface area contributed by atoms with E-state index in [0.717, 1.165) is 66.9 Å². The van der Waals surface area contributed by atoms with Gasteiger partial charge in [-0.25, -0.2) is 4.79 Å². The van der Waals surface area contributed by atoms with Gasteiger partial charge in [-0.3, -0.25) is 0 Å². The zero-order chi connectivity index (χ0) is 17.4. The average molecular weight is 336 g/mol. The summed E-state index contributed by atoms with van der Waals surface area (Å²) in [5, 5.41) is 9.55. The van der Waals surface area contributed by atoms with Crippen LogP contribution in [0.3, 0.4) is 0 Å². The van der Waals surface area contributed by atoms with Crippen LogP contribution >= 0.6 is 0 Å². The van der Waals surface area contributed by atoms with E-state index < -0.39 is 5.63 Å². The number of anilines is 1. The van der Waals surface area contributed by atoms with Crippen molar-refractivity contribution in [1.82, 2.24) is 0 Å². The Balaban J connectivity index is 1.96. The molecule has 128 valence electrons. The molecule has 2 aliphatic rings. The maximum absolute atomic E-state index is 12.5. The molecule has 0 atom stereocenters. The highest BCUT2D eigenvalue weighted by atomic mass is 16.5. The topological polar surface area (TPSA) is 66.5 Å². The lowest BCUT2D eigenvalue weighted by Crippen LogP contribution is -2.33. The van der Waals surface area contributed by atoms with Crippen LogP contribution in [0, 0.1) is 11.3 Å². The molecule has 25 heavy (non-hydrogen) atoms. The van der Waals surface area contributed by atoms with E-state index in [0.29, 0.717) is 5.76 Å². The Morgan fingerprint density at radius 1 is 1.20 bits per heavy atom. The Kier molecular flexibility index (Phi) is 3.96. The molecular weight excluding hydrogens is 316 g/mol. The van der Waals surface area contributed by atoms with E-state index >= 15 is 0 Å². The van der Waals surface area contributed by atoms with Gasteiger partial charge in [0.1, 0.15) is 17.6 Å². The van der Waals surface area contributed by atoms with Gasteiger partial charge in [0, 0.05) is 24.2 Å². The first kappa shape index (κ1) is 15.8. The van der Waals surface area contributed by atoms with E-state index in [1.54, 1.807) is 7.11 Å². The summed E-state index contributed by atoms with van der Waals surface area (Å²) < 4.78 is 11.0. The second-order valence-corrected chi connectivity index (χ2v) is 6.60. The van der Waals surface area contributed by atoms with Crippen LogP contribution in [0.4, 0.5) is 5.69 Å². The second kappa shape index (κ2) is 6.29. The lowest BCUT2D eigenvalue weighted by atomic mass is 9.87. The highest BCUT2D eigenvalue weighted by Gasteiger charge is 2.29. The highest BCUT2D eigenvalue weighted by molar-refractivity contribution is 5.78. The number of aryl methyl sites for hydroxylation is 1. The first-order valence-corrected chi connectivity index (χ1v) is 8.75. The smallest absolute Gasteiger partial charge is 0.356 e. The Hall–Kier alpha value is -2.74. The molecule has 1 aromatic carbocycles.